The highest BCUT2D eigenvalue weighted by Crippen LogP contribution is 2.42. The number of carbonyl (C=O) groups is 1. The minimum atomic E-state index is -0.604. The molecule has 3 heteroatoms. The van der Waals surface area contributed by atoms with E-state index in [1.807, 2.05) is 0 Å². The highest BCUT2D eigenvalue weighted by atomic mass is 16.4. The third kappa shape index (κ3) is 4.00. The molecule has 1 aliphatic carbocycles. The van der Waals surface area contributed by atoms with Crippen molar-refractivity contribution in [3.63, 3.8) is 0 Å². The molecule has 1 unspecified atom stereocenters. The molecule has 0 bridgehead atoms. The highest BCUT2D eigenvalue weighted by Gasteiger charge is 2.37. The molecule has 1 heterocycles. The lowest BCUT2D eigenvalue weighted by molar-refractivity contribution is -0.145. The molecule has 2 rings (SSSR count). The zero-order chi connectivity index (χ0) is 15.5. The number of aliphatic carboxylic acids is 1. The van der Waals surface area contributed by atoms with Gasteiger partial charge in [0.25, 0.3) is 0 Å². The predicted molar refractivity (Wildman–Crippen MR) is 86.4 cm³/mol. The summed E-state index contributed by atoms with van der Waals surface area (Å²) in [5, 5.41) is 9.54. The number of likely N-dealkylation sites (tertiary alicyclic amines) is 1. The third-order valence-corrected chi connectivity index (χ3v) is 6.26. The van der Waals surface area contributed by atoms with Crippen molar-refractivity contribution in [1.29, 1.82) is 0 Å². The predicted octanol–water partition coefficient (Wildman–Crippen LogP) is 4.31. The molecule has 0 aromatic heterocycles. The molecule has 1 N–H and O–H groups in total. The second-order valence-electron chi connectivity index (χ2n) is 7.79. The van der Waals surface area contributed by atoms with Gasteiger partial charge in [-0.1, -0.05) is 40.0 Å². The van der Waals surface area contributed by atoms with Gasteiger partial charge in [0.15, 0.2) is 0 Å². The Hall–Kier alpha value is -0.570. The molecule has 2 fully saturated rings. The lowest BCUT2D eigenvalue weighted by Crippen LogP contribution is -2.49. The number of carboxylic acids is 1. The fourth-order valence-corrected chi connectivity index (χ4v) is 4.31. The van der Waals surface area contributed by atoms with Crippen LogP contribution >= 0.6 is 0 Å². The first kappa shape index (κ1) is 16.8. The molecule has 3 nitrogen and oxygen atoms in total. The van der Waals surface area contributed by atoms with Crippen molar-refractivity contribution in [3.8, 4) is 0 Å². The van der Waals surface area contributed by atoms with Crippen molar-refractivity contribution < 1.29 is 9.90 Å². The molecule has 1 aliphatic heterocycles. The fraction of sp³-hybridized carbons (Fsp3) is 0.944. The van der Waals surface area contributed by atoms with Gasteiger partial charge in [0, 0.05) is 6.04 Å². The summed E-state index contributed by atoms with van der Waals surface area (Å²) in [4.78, 5) is 13.9. The molecule has 0 aromatic rings. The molecule has 0 aromatic carbocycles. The summed E-state index contributed by atoms with van der Waals surface area (Å²) in [5.74, 6) is 0.210. The maximum atomic E-state index is 11.6. The molecule has 2 aliphatic rings. The van der Waals surface area contributed by atoms with Gasteiger partial charge in [-0.25, -0.2) is 0 Å². The van der Waals surface area contributed by atoms with E-state index < -0.39 is 5.97 Å². The molecule has 0 amide bonds. The largest absolute Gasteiger partial charge is 0.480 e. The standard InChI is InChI=1S/C18H33NO2/c1-4-18(2,3)14-9-11-15(12-10-14)19-13-7-5-6-8-16(19)17(20)21/h14-16H,4-13H2,1-3H3,(H,20,21). The van der Waals surface area contributed by atoms with Crippen LogP contribution in [0.15, 0.2) is 0 Å². The molecule has 1 saturated carbocycles. The topological polar surface area (TPSA) is 40.5 Å². The average molecular weight is 295 g/mol. The minimum absolute atomic E-state index is 0.228. The van der Waals surface area contributed by atoms with Crippen LogP contribution in [0.25, 0.3) is 0 Å². The van der Waals surface area contributed by atoms with E-state index in [1.54, 1.807) is 0 Å². The van der Waals surface area contributed by atoms with Gasteiger partial charge < -0.3 is 5.11 Å². The van der Waals surface area contributed by atoms with Crippen LogP contribution in [0.4, 0.5) is 0 Å². The quantitative estimate of drug-likeness (QED) is 0.840. The summed E-state index contributed by atoms with van der Waals surface area (Å²) < 4.78 is 0. The van der Waals surface area contributed by atoms with Crippen molar-refractivity contribution in [2.45, 2.75) is 90.6 Å². The van der Waals surface area contributed by atoms with Crippen LogP contribution in [0.1, 0.15) is 78.6 Å². The Bertz CT molecular complexity index is 345. The fourth-order valence-electron chi connectivity index (χ4n) is 4.31. The monoisotopic (exact) mass is 295 g/mol. The minimum Gasteiger partial charge on any atom is -0.480 e. The summed E-state index contributed by atoms with van der Waals surface area (Å²) in [6.07, 6.45) is 10.5. The Kier molecular flexibility index (Phi) is 5.70. The zero-order valence-electron chi connectivity index (χ0n) is 14.1. The van der Waals surface area contributed by atoms with Crippen LogP contribution in [-0.4, -0.2) is 34.6 Å². The van der Waals surface area contributed by atoms with Gasteiger partial charge in [0.2, 0.25) is 0 Å². The molecule has 0 radical (unpaired) electrons. The van der Waals surface area contributed by atoms with Crippen molar-refractivity contribution >= 4 is 5.97 Å². The van der Waals surface area contributed by atoms with E-state index in [1.165, 1.54) is 44.9 Å². The third-order valence-electron chi connectivity index (χ3n) is 6.26. The van der Waals surface area contributed by atoms with Gasteiger partial charge in [-0.05, 0) is 56.4 Å². The lowest BCUT2D eigenvalue weighted by atomic mass is 9.68. The SMILES string of the molecule is CCC(C)(C)C1CCC(N2CCCCCC2C(=O)O)CC1. The molecular formula is C18H33NO2. The summed E-state index contributed by atoms with van der Waals surface area (Å²) >= 11 is 0. The van der Waals surface area contributed by atoms with Gasteiger partial charge in [-0.2, -0.15) is 0 Å². The first-order valence-electron chi connectivity index (χ1n) is 8.94. The van der Waals surface area contributed by atoms with E-state index in [9.17, 15) is 9.90 Å². The van der Waals surface area contributed by atoms with E-state index in [4.69, 9.17) is 0 Å². The van der Waals surface area contributed by atoms with Gasteiger partial charge in [0.05, 0.1) is 0 Å². The number of rotatable bonds is 4. The lowest BCUT2D eigenvalue weighted by Gasteiger charge is -2.43. The van der Waals surface area contributed by atoms with E-state index in [0.717, 1.165) is 25.3 Å². The van der Waals surface area contributed by atoms with Crippen molar-refractivity contribution in [2.75, 3.05) is 6.54 Å². The van der Waals surface area contributed by atoms with Crippen LogP contribution in [0, 0.1) is 11.3 Å². The number of hydrogen-bond acceptors (Lipinski definition) is 2. The normalized spacial score (nSPS) is 32.6. The molecule has 21 heavy (non-hydrogen) atoms. The highest BCUT2D eigenvalue weighted by molar-refractivity contribution is 5.73. The molecule has 1 atom stereocenters. The van der Waals surface area contributed by atoms with E-state index in [0.29, 0.717) is 11.5 Å². The molecule has 1 saturated heterocycles. The van der Waals surface area contributed by atoms with Crippen molar-refractivity contribution in [2.24, 2.45) is 11.3 Å². The van der Waals surface area contributed by atoms with Crippen molar-refractivity contribution in [3.05, 3.63) is 0 Å². The smallest absolute Gasteiger partial charge is 0.320 e. The second-order valence-corrected chi connectivity index (χ2v) is 7.79. The second kappa shape index (κ2) is 7.13. The van der Waals surface area contributed by atoms with Crippen molar-refractivity contribution in [1.82, 2.24) is 4.90 Å². The zero-order valence-corrected chi connectivity index (χ0v) is 14.1. The van der Waals surface area contributed by atoms with Gasteiger partial charge in [-0.15, -0.1) is 0 Å². The first-order chi connectivity index (χ1) is 9.95. The van der Waals surface area contributed by atoms with Gasteiger partial charge in [0.1, 0.15) is 6.04 Å². The Morgan fingerprint density at radius 2 is 1.76 bits per heavy atom. The van der Waals surface area contributed by atoms with E-state index in [-0.39, 0.29) is 6.04 Å². The van der Waals surface area contributed by atoms with E-state index >= 15 is 0 Å². The van der Waals surface area contributed by atoms with Crippen LogP contribution in [0.5, 0.6) is 0 Å². The molecule has 0 spiro atoms. The van der Waals surface area contributed by atoms with Gasteiger partial charge in [-0.3, -0.25) is 9.69 Å². The Morgan fingerprint density at radius 1 is 1.10 bits per heavy atom. The number of carboxylic acid groups (broad SMARTS) is 1. The summed E-state index contributed by atoms with van der Waals surface area (Å²) in [5.41, 5.74) is 0.440. The van der Waals surface area contributed by atoms with Crippen LogP contribution in [-0.2, 0) is 4.79 Å². The maximum Gasteiger partial charge on any atom is 0.320 e. The Morgan fingerprint density at radius 3 is 2.33 bits per heavy atom. The Balaban J connectivity index is 1.97. The average Bonchev–Trinajstić information content (AvgIpc) is 2.73. The number of nitrogens with zero attached hydrogens (tertiary/aromatic N) is 1. The Labute approximate surface area is 130 Å². The summed E-state index contributed by atoms with van der Waals surface area (Å²) in [6.45, 7) is 8.07. The van der Waals surface area contributed by atoms with Gasteiger partial charge >= 0.3 is 5.97 Å². The number of hydrogen-bond donors (Lipinski definition) is 1. The van der Waals surface area contributed by atoms with Crippen LogP contribution in [0.2, 0.25) is 0 Å². The summed E-state index contributed by atoms with van der Waals surface area (Å²) in [6, 6.07) is 0.279. The first-order valence-corrected chi connectivity index (χ1v) is 8.94. The van der Waals surface area contributed by atoms with Crippen LogP contribution < -0.4 is 0 Å². The molecular weight excluding hydrogens is 262 g/mol. The molecule has 122 valence electrons. The summed E-state index contributed by atoms with van der Waals surface area (Å²) in [7, 11) is 0. The van der Waals surface area contributed by atoms with E-state index in [2.05, 4.69) is 25.7 Å². The maximum absolute atomic E-state index is 11.6. The van der Waals surface area contributed by atoms with Crippen LogP contribution in [0.3, 0.4) is 0 Å².